The van der Waals surface area contributed by atoms with Crippen molar-refractivity contribution in [2.45, 2.75) is 44.0 Å². The summed E-state index contributed by atoms with van der Waals surface area (Å²) in [6, 6.07) is 20.8. The minimum absolute atomic E-state index is 0.0270. The summed E-state index contributed by atoms with van der Waals surface area (Å²) >= 11 is 12.2. The van der Waals surface area contributed by atoms with E-state index in [0.717, 1.165) is 22.7 Å². The average Bonchev–Trinajstić information content (AvgIpc) is 2.92. The number of halogens is 2. The van der Waals surface area contributed by atoms with Gasteiger partial charge in [-0.1, -0.05) is 72.9 Å². The predicted octanol–water partition coefficient (Wildman–Crippen LogP) is 5.56. The Kier molecular flexibility index (Phi) is 11.2. The topological polar surface area (TPSA) is 86.8 Å². The molecule has 0 radical (unpaired) electrons. The van der Waals surface area contributed by atoms with E-state index in [1.165, 1.54) is 35.2 Å². The molecule has 10 heteroatoms. The first kappa shape index (κ1) is 30.5. The highest BCUT2D eigenvalue weighted by atomic mass is 35.5. The predicted molar refractivity (Wildman–Crippen MR) is 157 cm³/mol. The summed E-state index contributed by atoms with van der Waals surface area (Å²) in [4.78, 5) is 28.2. The first-order valence-corrected chi connectivity index (χ1v) is 15.0. The van der Waals surface area contributed by atoms with Crippen LogP contribution in [0.4, 0.5) is 5.69 Å². The van der Waals surface area contributed by atoms with Gasteiger partial charge in [0.2, 0.25) is 11.8 Å². The molecule has 0 spiro atoms. The molecule has 0 aliphatic rings. The highest BCUT2D eigenvalue weighted by Crippen LogP contribution is 2.27. The molecule has 3 aromatic rings. The Hall–Kier alpha value is -3.07. The number of rotatable bonds is 13. The molecule has 39 heavy (non-hydrogen) atoms. The van der Waals surface area contributed by atoms with Crippen LogP contribution in [0, 0.1) is 0 Å². The van der Waals surface area contributed by atoms with Gasteiger partial charge in [0.15, 0.2) is 0 Å². The molecular weight excluding hydrogens is 557 g/mol. The van der Waals surface area contributed by atoms with E-state index in [-0.39, 0.29) is 23.0 Å². The number of sulfonamides is 1. The Balaban J connectivity index is 1.95. The van der Waals surface area contributed by atoms with Crippen molar-refractivity contribution >= 4 is 50.7 Å². The van der Waals surface area contributed by atoms with Crippen molar-refractivity contribution in [1.82, 2.24) is 10.2 Å². The monoisotopic (exact) mass is 589 g/mol. The van der Waals surface area contributed by atoms with Crippen LogP contribution in [-0.4, -0.2) is 50.8 Å². The van der Waals surface area contributed by atoms with E-state index in [0.29, 0.717) is 23.0 Å². The Morgan fingerprint density at radius 1 is 0.923 bits per heavy atom. The molecule has 0 unspecified atom stereocenters. The second-order valence-corrected chi connectivity index (χ2v) is 11.8. The number of hydrogen-bond donors (Lipinski definition) is 1. The third kappa shape index (κ3) is 8.46. The van der Waals surface area contributed by atoms with Crippen LogP contribution in [0.25, 0.3) is 0 Å². The molecule has 3 aromatic carbocycles. The van der Waals surface area contributed by atoms with E-state index < -0.39 is 28.5 Å². The maximum atomic E-state index is 13.8. The second kappa shape index (κ2) is 14.4. The molecule has 0 aromatic heterocycles. The van der Waals surface area contributed by atoms with Gasteiger partial charge in [0.05, 0.1) is 10.6 Å². The molecule has 1 N–H and O–H groups in total. The molecular formula is C29H33Cl2N3O4S. The van der Waals surface area contributed by atoms with Crippen LogP contribution < -0.4 is 9.62 Å². The van der Waals surface area contributed by atoms with Crippen molar-refractivity contribution in [3.63, 3.8) is 0 Å². The largest absolute Gasteiger partial charge is 0.354 e. The van der Waals surface area contributed by atoms with Crippen molar-refractivity contribution < 1.29 is 18.0 Å². The van der Waals surface area contributed by atoms with Crippen molar-refractivity contribution in [2.75, 3.05) is 23.9 Å². The van der Waals surface area contributed by atoms with Crippen LogP contribution in [-0.2, 0) is 26.0 Å². The lowest BCUT2D eigenvalue weighted by atomic mass is 10.1. The molecule has 2 amide bonds. The van der Waals surface area contributed by atoms with Gasteiger partial charge in [0, 0.05) is 23.1 Å². The van der Waals surface area contributed by atoms with E-state index >= 15 is 0 Å². The van der Waals surface area contributed by atoms with E-state index in [1.54, 1.807) is 25.1 Å². The molecule has 1 atom stereocenters. The zero-order valence-electron chi connectivity index (χ0n) is 22.0. The minimum Gasteiger partial charge on any atom is -0.354 e. The molecule has 0 aliphatic heterocycles. The molecule has 0 fully saturated rings. The molecule has 208 valence electrons. The SMILES string of the molecule is CCCCNC(=O)[C@@H](C)N(CCc1ccccc1)C(=O)CN(c1cccc(Cl)c1)S(=O)(=O)c1ccc(Cl)cc1. The molecule has 0 bridgehead atoms. The fourth-order valence-electron chi connectivity index (χ4n) is 4.00. The van der Waals surface area contributed by atoms with Gasteiger partial charge in [-0.3, -0.25) is 13.9 Å². The lowest BCUT2D eigenvalue weighted by molar-refractivity contribution is -0.138. The normalized spacial score (nSPS) is 12.0. The minimum atomic E-state index is -4.18. The third-order valence-corrected chi connectivity index (χ3v) is 8.53. The average molecular weight is 591 g/mol. The standard InChI is InChI=1S/C29H33Cl2N3O4S/c1-3-4-18-32-29(36)22(2)33(19-17-23-9-6-5-7-10-23)28(35)21-34(26-12-8-11-25(31)20-26)39(37,38)27-15-13-24(30)14-16-27/h5-16,20,22H,3-4,17-19,21H2,1-2H3,(H,32,36)/t22-/m1/s1. The Morgan fingerprint density at radius 2 is 1.62 bits per heavy atom. The van der Waals surface area contributed by atoms with Crippen molar-refractivity contribution in [3.8, 4) is 0 Å². The van der Waals surface area contributed by atoms with Gasteiger partial charge < -0.3 is 10.2 Å². The molecule has 0 heterocycles. The quantitative estimate of drug-likeness (QED) is 0.264. The Bertz CT molecular complexity index is 1350. The number of hydrogen-bond acceptors (Lipinski definition) is 4. The Morgan fingerprint density at radius 3 is 2.26 bits per heavy atom. The lowest BCUT2D eigenvalue weighted by Gasteiger charge is -2.32. The van der Waals surface area contributed by atoms with Gasteiger partial charge in [-0.15, -0.1) is 0 Å². The first-order valence-electron chi connectivity index (χ1n) is 12.8. The van der Waals surface area contributed by atoms with E-state index in [1.807, 2.05) is 37.3 Å². The van der Waals surface area contributed by atoms with Crippen molar-refractivity contribution in [1.29, 1.82) is 0 Å². The summed E-state index contributed by atoms with van der Waals surface area (Å²) in [5.74, 6) is -0.804. The fraction of sp³-hybridized carbons (Fsp3) is 0.310. The number of nitrogens with zero attached hydrogens (tertiary/aromatic N) is 2. The molecule has 7 nitrogen and oxygen atoms in total. The van der Waals surface area contributed by atoms with Crippen LogP contribution >= 0.6 is 23.2 Å². The molecule has 0 saturated carbocycles. The van der Waals surface area contributed by atoms with E-state index in [9.17, 15) is 18.0 Å². The highest BCUT2D eigenvalue weighted by Gasteiger charge is 2.32. The van der Waals surface area contributed by atoms with Crippen LogP contribution in [0.2, 0.25) is 10.0 Å². The third-order valence-electron chi connectivity index (χ3n) is 6.26. The fourth-order valence-corrected chi connectivity index (χ4v) is 5.72. The second-order valence-electron chi connectivity index (χ2n) is 9.09. The number of carbonyl (C=O) groups is 2. The molecule has 0 saturated heterocycles. The summed E-state index contributed by atoms with van der Waals surface area (Å²) in [6.07, 6.45) is 2.24. The number of benzene rings is 3. The van der Waals surface area contributed by atoms with Gasteiger partial charge in [-0.2, -0.15) is 0 Å². The summed E-state index contributed by atoms with van der Waals surface area (Å²) < 4.78 is 28.5. The van der Waals surface area contributed by atoms with Gasteiger partial charge in [-0.25, -0.2) is 8.42 Å². The van der Waals surface area contributed by atoms with Gasteiger partial charge in [-0.05, 0) is 67.8 Å². The molecule has 0 aliphatic carbocycles. The van der Waals surface area contributed by atoms with E-state index in [4.69, 9.17) is 23.2 Å². The smallest absolute Gasteiger partial charge is 0.264 e. The van der Waals surface area contributed by atoms with Gasteiger partial charge in [0.25, 0.3) is 10.0 Å². The maximum absolute atomic E-state index is 13.8. The number of carbonyl (C=O) groups excluding carboxylic acids is 2. The summed E-state index contributed by atoms with van der Waals surface area (Å²) in [5, 5.41) is 3.58. The number of nitrogens with one attached hydrogen (secondary N) is 1. The number of anilines is 1. The maximum Gasteiger partial charge on any atom is 0.264 e. The van der Waals surface area contributed by atoms with E-state index in [2.05, 4.69) is 5.32 Å². The van der Waals surface area contributed by atoms with Crippen LogP contribution in [0.15, 0.2) is 83.8 Å². The van der Waals surface area contributed by atoms with Crippen molar-refractivity contribution in [2.24, 2.45) is 0 Å². The van der Waals surface area contributed by atoms with Crippen LogP contribution in [0.5, 0.6) is 0 Å². The van der Waals surface area contributed by atoms with Gasteiger partial charge >= 0.3 is 0 Å². The highest BCUT2D eigenvalue weighted by molar-refractivity contribution is 7.92. The molecule has 3 rings (SSSR count). The Labute approximate surface area is 240 Å². The van der Waals surface area contributed by atoms with Crippen LogP contribution in [0.1, 0.15) is 32.3 Å². The number of unbranched alkanes of at least 4 members (excludes halogenated alkanes) is 1. The summed E-state index contributed by atoms with van der Waals surface area (Å²) in [5.41, 5.74) is 1.23. The van der Waals surface area contributed by atoms with Gasteiger partial charge in [0.1, 0.15) is 12.6 Å². The zero-order valence-corrected chi connectivity index (χ0v) is 24.3. The summed E-state index contributed by atoms with van der Waals surface area (Å²) in [7, 11) is -4.18. The first-order chi connectivity index (χ1) is 18.6. The van der Waals surface area contributed by atoms with Crippen molar-refractivity contribution in [3.05, 3.63) is 94.5 Å². The van der Waals surface area contributed by atoms with Crippen LogP contribution in [0.3, 0.4) is 0 Å². The summed E-state index contributed by atoms with van der Waals surface area (Å²) in [6.45, 7) is 3.89. The number of amides is 2. The lowest BCUT2D eigenvalue weighted by Crippen LogP contribution is -2.52. The zero-order chi connectivity index (χ0) is 28.4.